The molecule has 0 aromatic carbocycles. The van der Waals surface area contributed by atoms with Crippen LogP contribution in [0.4, 0.5) is 0 Å². The Labute approximate surface area is 67.0 Å². The summed E-state index contributed by atoms with van der Waals surface area (Å²) in [5, 5.41) is 9.26. The van der Waals surface area contributed by atoms with Gasteiger partial charge in [0.05, 0.1) is 6.10 Å². The summed E-state index contributed by atoms with van der Waals surface area (Å²) >= 11 is 0. The summed E-state index contributed by atoms with van der Waals surface area (Å²) in [4.78, 5) is 12.7. The maximum Gasteiger partial charge on any atom is 0.219 e. The number of carbonyl (C=O) groups is 1. The maximum absolute atomic E-state index is 11.0. The summed E-state index contributed by atoms with van der Waals surface area (Å²) in [6, 6.07) is 0.266. The summed E-state index contributed by atoms with van der Waals surface area (Å²) in [6.07, 6.45) is 1.39. The average Bonchev–Trinajstić information content (AvgIpc) is 2.30. The third-order valence-electron chi connectivity index (χ3n) is 2.27. The second-order valence-electron chi connectivity index (χ2n) is 3.12. The number of amides is 1. The Morgan fingerprint density at radius 1 is 1.73 bits per heavy atom. The quantitative estimate of drug-likeness (QED) is 0.597. The van der Waals surface area contributed by atoms with Crippen molar-refractivity contribution in [3.63, 3.8) is 0 Å². The van der Waals surface area contributed by atoms with E-state index in [4.69, 9.17) is 0 Å². The van der Waals surface area contributed by atoms with Crippen LogP contribution in [0.2, 0.25) is 0 Å². The van der Waals surface area contributed by atoms with E-state index in [1.54, 1.807) is 11.8 Å². The van der Waals surface area contributed by atoms with Crippen molar-refractivity contribution in [3.8, 4) is 0 Å². The van der Waals surface area contributed by atoms with Crippen molar-refractivity contribution in [2.45, 2.75) is 38.8 Å². The highest BCUT2D eigenvalue weighted by Crippen LogP contribution is 2.19. The van der Waals surface area contributed by atoms with Gasteiger partial charge in [-0.2, -0.15) is 0 Å². The summed E-state index contributed by atoms with van der Waals surface area (Å²) in [6.45, 7) is 4.12. The van der Waals surface area contributed by atoms with Crippen LogP contribution in [0.3, 0.4) is 0 Å². The van der Waals surface area contributed by atoms with E-state index in [1.807, 2.05) is 6.92 Å². The first-order valence-electron chi connectivity index (χ1n) is 4.10. The minimum Gasteiger partial charge on any atom is -0.391 e. The van der Waals surface area contributed by atoms with Crippen LogP contribution in [0.5, 0.6) is 0 Å². The van der Waals surface area contributed by atoms with E-state index >= 15 is 0 Å². The molecular weight excluding hydrogens is 142 g/mol. The van der Waals surface area contributed by atoms with Crippen LogP contribution in [0.15, 0.2) is 0 Å². The van der Waals surface area contributed by atoms with Gasteiger partial charge >= 0.3 is 0 Å². The zero-order chi connectivity index (χ0) is 8.43. The third-order valence-corrected chi connectivity index (χ3v) is 2.27. The number of carbonyl (C=O) groups excluding carboxylic acids is 1. The van der Waals surface area contributed by atoms with E-state index in [9.17, 15) is 9.90 Å². The van der Waals surface area contributed by atoms with E-state index in [0.717, 1.165) is 12.8 Å². The standard InChI is InChI=1S/C8H15NO2/c1-3-7-4-8(11)5-9(7)6(2)10/h7-8,11H,3-5H2,1-2H3/t7-,8-/m1/s1. The fraction of sp³-hybridized carbons (Fsp3) is 0.875. The van der Waals surface area contributed by atoms with Crippen molar-refractivity contribution in [1.29, 1.82) is 0 Å². The van der Waals surface area contributed by atoms with Crippen molar-refractivity contribution in [3.05, 3.63) is 0 Å². The average molecular weight is 157 g/mol. The molecule has 1 aliphatic rings. The van der Waals surface area contributed by atoms with Crippen LogP contribution in [0.1, 0.15) is 26.7 Å². The van der Waals surface area contributed by atoms with Crippen LogP contribution >= 0.6 is 0 Å². The lowest BCUT2D eigenvalue weighted by Crippen LogP contribution is -2.33. The fourth-order valence-electron chi connectivity index (χ4n) is 1.66. The fourth-order valence-corrected chi connectivity index (χ4v) is 1.66. The number of nitrogens with zero attached hydrogens (tertiary/aromatic N) is 1. The molecule has 2 atom stereocenters. The molecule has 64 valence electrons. The summed E-state index contributed by atoms with van der Waals surface area (Å²) < 4.78 is 0. The predicted molar refractivity (Wildman–Crippen MR) is 42.1 cm³/mol. The number of hydrogen-bond donors (Lipinski definition) is 1. The smallest absolute Gasteiger partial charge is 0.219 e. The number of β-amino-alcohol motifs (C(OH)–C–C–N with tert-alkyl or cyclic N) is 1. The molecule has 1 fully saturated rings. The molecule has 1 N–H and O–H groups in total. The molecule has 0 spiro atoms. The molecule has 0 aromatic heterocycles. The van der Waals surface area contributed by atoms with Crippen LogP contribution < -0.4 is 0 Å². The van der Waals surface area contributed by atoms with Crippen molar-refractivity contribution >= 4 is 5.91 Å². The molecule has 0 bridgehead atoms. The van der Waals surface area contributed by atoms with E-state index in [1.165, 1.54) is 0 Å². The number of likely N-dealkylation sites (tertiary alicyclic amines) is 1. The SMILES string of the molecule is CC[C@@H]1C[C@@H](O)CN1C(C)=O. The molecule has 0 radical (unpaired) electrons. The lowest BCUT2D eigenvalue weighted by Gasteiger charge is -2.20. The van der Waals surface area contributed by atoms with Gasteiger partial charge in [-0.3, -0.25) is 4.79 Å². The molecule has 1 rings (SSSR count). The van der Waals surface area contributed by atoms with Crippen molar-refractivity contribution in [2.75, 3.05) is 6.54 Å². The lowest BCUT2D eigenvalue weighted by molar-refractivity contribution is -0.129. The molecule has 0 saturated carbocycles. The Bertz CT molecular complexity index is 158. The Kier molecular flexibility index (Phi) is 2.49. The largest absolute Gasteiger partial charge is 0.391 e. The van der Waals surface area contributed by atoms with E-state index in [-0.39, 0.29) is 18.1 Å². The van der Waals surface area contributed by atoms with Crippen LogP contribution in [-0.4, -0.2) is 34.6 Å². The molecule has 3 nitrogen and oxygen atoms in total. The van der Waals surface area contributed by atoms with Crippen molar-refractivity contribution in [1.82, 2.24) is 4.90 Å². The van der Waals surface area contributed by atoms with Gasteiger partial charge in [0, 0.05) is 19.5 Å². The van der Waals surface area contributed by atoms with Gasteiger partial charge in [-0.1, -0.05) is 6.92 Å². The Morgan fingerprint density at radius 2 is 2.36 bits per heavy atom. The highest BCUT2D eigenvalue weighted by atomic mass is 16.3. The molecule has 0 unspecified atom stereocenters. The molecule has 1 heterocycles. The first-order chi connectivity index (χ1) is 5.15. The number of rotatable bonds is 1. The minimum absolute atomic E-state index is 0.0772. The zero-order valence-corrected chi connectivity index (χ0v) is 7.08. The highest BCUT2D eigenvalue weighted by molar-refractivity contribution is 5.74. The predicted octanol–water partition coefficient (Wildman–Crippen LogP) is 0.378. The van der Waals surface area contributed by atoms with Gasteiger partial charge in [-0.05, 0) is 12.8 Å². The number of aliphatic hydroxyl groups is 1. The minimum atomic E-state index is -0.302. The van der Waals surface area contributed by atoms with Gasteiger partial charge < -0.3 is 10.0 Å². The molecule has 0 aliphatic carbocycles. The van der Waals surface area contributed by atoms with E-state index < -0.39 is 0 Å². The van der Waals surface area contributed by atoms with Crippen LogP contribution in [-0.2, 0) is 4.79 Å². The molecule has 1 aliphatic heterocycles. The van der Waals surface area contributed by atoms with Gasteiger partial charge in [0.25, 0.3) is 0 Å². The second kappa shape index (κ2) is 3.22. The molecule has 3 heteroatoms. The monoisotopic (exact) mass is 157 g/mol. The normalized spacial score (nSPS) is 31.0. The van der Waals surface area contributed by atoms with Crippen LogP contribution in [0, 0.1) is 0 Å². The van der Waals surface area contributed by atoms with Gasteiger partial charge in [0.2, 0.25) is 5.91 Å². The third kappa shape index (κ3) is 1.71. The maximum atomic E-state index is 11.0. The summed E-state index contributed by atoms with van der Waals surface area (Å²) in [5.74, 6) is 0.0772. The Hall–Kier alpha value is -0.570. The molecule has 1 saturated heterocycles. The molecule has 11 heavy (non-hydrogen) atoms. The summed E-state index contributed by atoms with van der Waals surface area (Å²) in [5.41, 5.74) is 0. The number of hydrogen-bond acceptors (Lipinski definition) is 2. The first-order valence-corrected chi connectivity index (χ1v) is 4.10. The Morgan fingerprint density at radius 3 is 2.73 bits per heavy atom. The molecule has 1 amide bonds. The lowest BCUT2D eigenvalue weighted by atomic mass is 10.1. The zero-order valence-electron chi connectivity index (χ0n) is 7.08. The Balaban J connectivity index is 2.57. The van der Waals surface area contributed by atoms with Gasteiger partial charge in [-0.25, -0.2) is 0 Å². The van der Waals surface area contributed by atoms with Gasteiger partial charge in [0.15, 0.2) is 0 Å². The second-order valence-corrected chi connectivity index (χ2v) is 3.12. The first kappa shape index (κ1) is 8.53. The van der Waals surface area contributed by atoms with E-state index in [0.29, 0.717) is 6.54 Å². The molecule has 0 aromatic rings. The molecular formula is C8H15NO2. The van der Waals surface area contributed by atoms with Gasteiger partial charge in [-0.15, -0.1) is 0 Å². The van der Waals surface area contributed by atoms with Gasteiger partial charge in [0.1, 0.15) is 0 Å². The van der Waals surface area contributed by atoms with Crippen molar-refractivity contribution < 1.29 is 9.90 Å². The highest BCUT2D eigenvalue weighted by Gasteiger charge is 2.30. The number of aliphatic hydroxyl groups excluding tert-OH is 1. The topological polar surface area (TPSA) is 40.5 Å². The van der Waals surface area contributed by atoms with E-state index in [2.05, 4.69) is 0 Å². The van der Waals surface area contributed by atoms with Crippen molar-refractivity contribution in [2.24, 2.45) is 0 Å². The van der Waals surface area contributed by atoms with Crippen LogP contribution in [0.25, 0.3) is 0 Å². The summed E-state index contributed by atoms with van der Waals surface area (Å²) in [7, 11) is 0.